The zero-order valence-corrected chi connectivity index (χ0v) is 22.0. The van der Waals surface area contributed by atoms with Crippen molar-refractivity contribution in [1.29, 1.82) is 5.26 Å². The van der Waals surface area contributed by atoms with Crippen molar-refractivity contribution < 1.29 is 26.3 Å². The molecule has 0 aliphatic rings. The molecule has 0 aliphatic heterocycles. The van der Waals surface area contributed by atoms with E-state index in [1.54, 1.807) is 54.7 Å². The molecular formula is C34H12F6N4. The number of benzene rings is 5. The Labute approximate surface area is 243 Å². The van der Waals surface area contributed by atoms with E-state index in [0.29, 0.717) is 64.9 Å². The highest BCUT2D eigenvalue weighted by Gasteiger charge is 2.19. The van der Waals surface area contributed by atoms with E-state index < -0.39 is 34.9 Å². The van der Waals surface area contributed by atoms with Crippen molar-refractivity contribution >= 4 is 43.1 Å². The van der Waals surface area contributed by atoms with Crippen molar-refractivity contribution in [2.75, 3.05) is 0 Å². The Morgan fingerprint density at radius 3 is 1.34 bits per heavy atom. The van der Waals surface area contributed by atoms with Crippen LogP contribution in [0.15, 0.2) is 82.9 Å². The van der Waals surface area contributed by atoms with Crippen LogP contribution in [0.1, 0.15) is 0 Å². The molecule has 0 fully saturated rings. The number of nitriles is 1. The fourth-order valence-electron chi connectivity index (χ4n) is 5.81. The van der Waals surface area contributed by atoms with Gasteiger partial charge in [-0.1, -0.05) is 24.3 Å². The zero-order valence-electron chi connectivity index (χ0n) is 22.0. The van der Waals surface area contributed by atoms with Crippen LogP contribution in [-0.2, 0) is 0 Å². The van der Waals surface area contributed by atoms with Gasteiger partial charge >= 0.3 is 0 Å². The highest BCUT2D eigenvalue weighted by Crippen LogP contribution is 2.36. The Balaban J connectivity index is 1.52. The normalized spacial score (nSPS) is 12.5. The highest BCUT2D eigenvalue weighted by molar-refractivity contribution is 6.21. The summed E-state index contributed by atoms with van der Waals surface area (Å²) >= 11 is 0. The van der Waals surface area contributed by atoms with Crippen molar-refractivity contribution in [2.45, 2.75) is 0 Å². The van der Waals surface area contributed by atoms with Crippen LogP contribution in [0.4, 0.5) is 26.3 Å². The van der Waals surface area contributed by atoms with Crippen molar-refractivity contribution in [2.24, 2.45) is 10.1 Å². The number of halogens is 6. The monoisotopic (exact) mass is 590 g/mol. The SMILES string of the molecule is [C-]#[N+]/N=c1\c2cc(-c3cc(F)c(F)c(F)c3)ccc2c2cc3c(=NC#N)c4cc(-c5cc(F)c(F)c(F)c5)ccc4c3cc12. The second-order valence-corrected chi connectivity index (χ2v) is 10.1. The summed E-state index contributed by atoms with van der Waals surface area (Å²) in [5.74, 6) is -8.51. The molecule has 0 saturated heterocycles. The van der Waals surface area contributed by atoms with Crippen LogP contribution in [0.3, 0.4) is 0 Å². The van der Waals surface area contributed by atoms with Gasteiger partial charge in [-0.2, -0.15) is 16.8 Å². The molecule has 0 heterocycles. The molecule has 0 spiro atoms. The summed E-state index contributed by atoms with van der Waals surface area (Å²) in [7, 11) is 0. The molecule has 0 N–H and O–H groups in total. The topological polar surface area (TPSA) is 52.9 Å². The molecule has 7 rings (SSSR count). The van der Waals surface area contributed by atoms with E-state index in [1.165, 1.54) is 0 Å². The Hall–Kier alpha value is -6.00. The first-order valence-electron chi connectivity index (χ1n) is 12.9. The van der Waals surface area contributed by atoms with Crippen LogP contribution < -0.4 is 10.7 Å². The van der Waals surface area contributed by atoms with Gasteiger partial charge in [0.1, 0.15) is 0 Å². The van der Waals surface area contributed by atoms with E-state index >= 15 is 0 Å². The molecule has 4 nitrogen and oxygen atoms in total. The fraction of sp³-hybridized carbons (Fsp3) is 0. The predicted octanol–water partition coefficient (Wildman–Crippen LogP) is 8.46. The van der Waals surface area contributed by atoms with E-state index in [-0.39, 0.29) is 11.1 Å². The van der Waals surface area contributed by atoms with Gasteiger partial charge in [0.25, 0.3) is 0 Å². The van der Waals surface area contributed by atoms with E-state index in [0.717, 1.165) is 24.3 Å². The van der Waals surface area contributed by atoms with E-state index in [2.05, 4.69) is 15.0 Å². The summed E-state index contributed by atoms with van der Waals surface area (Å²) in [6, 6.07) is 16.9. The Bertz CT molecular complexity index is 2370. The largest absolute Gasteiger partial charge is 0.206 e. The van der Waals surface area contributed by atoms with Crippen molar-refractivity contribution in [1.82, 2.24) is 0 Å². The number of fused-ring (bicyclic) bond motifs is 6. The second kappa shape index (κ2) is 9.79. The summed E-state index contributed by atoms with van der Waals surface area (Å²) in [5.41, 5.74) is 0.933. The van der Waals surface area contributed by atoms with Crippen LogP contribution in [0, 0.1) is 52.9 Å². The lowest BCUT2D eigenvalue weighted by Gasteiger charge is -2.04. The summed E-state index contributed by atoms with van der Waals surface area (Å²) in [5, 5.41) is 18.9. The molecule has 0 atom stereocenters. The highest BCUT2D eigenvalue weighted by atomic mass is 19.2. The van der Waals surface area contributed by atoms with Crippen LogP contribution in [-0.4, -0.2) is 0 Å². The molecule has 0 aromatic heterocycles. The minimum atomic E-state index is -1.58. The van der Waals surface area contributed by atoms with Gasteiger partial charge in [0.2, 0.25) is 6.19 Å². The minimum absolute atomic E-state index is 0.0936. The van der Waals surface area contributed by atoms with Gasteiger partial charge in [0.15, 0.2) is 40.3 Å². The summed E-state index contributed by atoms with van der Waals surface area (Å²) < 4.78 is 83.1. The molecule has 0 unspecified atom stereocenters. The first kappa shape index (κ1) is 26.9. The summed E-state index contributed by atoms with van der Waals surface area (Å²) in [6.45, 7) is 7.42. The number of nitrogens with zero attached hydrogens (tertiary/aromatic N) is 4. The number of rotatable bonds is 2. The number of hydrogen-bond acceptors (Lipinski definition) is 3. The summed E-state index contributed by atoms with van der Waals surface area (Å²) in [6.07, 6.45) is 1.80. The summed E-state index contributed by atoms with van der Waals surface area (Å²) in [4.78, 5) is 7.26. The third-order valence-corrected chi connectivity index (χ3v) is 7.74. The lowest BCUT2D eigenvalue weighted by molar-refractivity contribution is 0.447. The van der Waals surface area contributed by atoms with E-state index in [1.807, 2.05) is 0 Å². The maximum atomic E-state index is 14.0. The molecule has 0 aliphatic carbocycles. The van der Waals surface area contributed by atoms with Crippen LogP contribution in [0.5, 0.6) is 0 Å². The van der Waals surface area contributed by atoms with E-state index in [4.69, 9.17) is 6.57 Å². The molecule has 10 heteroatoms. The van der Waals surface area contributed by atoms with Gasteiger partial charge in [-0.25, -0.2) is 26.3 Å². The average molecular weight is 590 g/mol. The number of hydrogen-bond donors (Lipinski definition) is 0. The maximum absolute atomic E-state index is 14.0. The lowest BCUT2D eigenvalue weighted by atomic mass is 10.0. The van der Waals surface area contributed by atoms with Gasteiger partial charge in [0, 0.05) is 21.5 Å². The smallest absolute Gasteiger partial charge is 0.204 e. The molecule has 0 bridgehead atoms. The zero-order chi connectivity index (χ0) is 30.9. The van der Waals surface area contributed by atoms with Gasteiger partial charge in [0.05, 0.1) is 10.5 Å². The third kappa shape index (κ3) is 3.92. The van der Waals surface area contributed by atoms with Crippen molar-refractivity contribution in [3.63, 3.8) is 0 Å². The van der Waals surface area contributed by atoms with Gasteiger partial charge in [-0.3, -0.25) is 0 Å². The molecular weight excluding hydrogens is 578 g/mol. The average Bonchev–Trinajstić information content (AvgIpc) is 3.48. The molecule has 0 saturated carbocycles. The van der Waals surface area contributed by atoms with Crippen LogP contribution in [0.25, 0.3) is 70.3 Å². The van der Waals surface area contributed by atoms with Crippen LogP contribution in [0.2, 0.25) is 0 Å². The molecule has 0 amide bonds. The Morgan fingerprint density at radius 1 is 0.500 bits per heavy atom. The molecule has 210 valence electrons. The van der Waals surface area contributed by atoms with Crippen LogP contribution >= 0.6 is 0 Å². The molecule has 0 radical (unpaired) electrons. The molecule has 7 aromatic rings. The molecule has 44 heavy (non-hydrogen) atoms. The third-order valence-electron chi connectivity index (χ3n) is 7.74. The maximum Gasteiger partial charge on any atom is 0.206 e. The van der Waals surface area contributed by atoms with Crippen molar-refractivity contribution in [3.8, 4) is 28.4 Å². The second-order valence-electron chi connectivity index (χ2n) is 10.1. The minimum Gasteiger partial charge on any atom is -0.204 e. The van der Waals surface area contributed by atoms with E-state index in [9.17, 15) is 31.6 Å². The first-order chi connectivity index (χ1) is 21.2. The fourth-order valence-corrected chi connectivity index (χ4v) is 5.81. The predicted molar refractivity (Wildman–Crippen MR) is 153 cm³/mol. The standard InChI is InChI=1S/C34H12F6N4/c1-42-44-34-24-7-16(18-10-29(37)32(40)30(38)11-18)3-5-20(24)22-12-25-21(13-26(22)34)19-4-2-15(6-23(19)33(25)43-14-41)17-8-27(35)31(39)28(36)9-17/h2-13H/b43-33?,44-34+. The lowest BCUT2D eigenvalue weighted by Crippen LogP contribution is -1.99. The Morgan fingerprint density at radius 2 is 0.909 bits per heavy atom. The Kier molecular flexibility index (Phi) is 5.98. The van der Waals surface area contributed by atoms with Gasteiger partial charge < -0.3 is 0 Å². The van der Waals surface area contributed by atoms with Crippen molar-refractivity contribution in [3.05, 3.63) is 130 Å². The molecule has 7 aromatic carbocycles. The first-order valence-corrected chi connectivity index (χ1v) is 12.9. The quantitative estimate of drug-likeness (QED) is 0.0656. The van der Waals surface area contributed by atoms with Gasteiger partial charge in [-0.15, -0.1) is 4.95 Å². The van der Waals surface area contributed by atoms with Gasteiger partial charge in [-0.05, 0) is 92.3 Å².